The third-order valence-electron chi connectivity index (χ3n) is 3.93. The lowest BCUT2D eigenvalue weighted by Gasteiger charge is -2.15. The van der Waals surface area contributed by atoms with E-state index in [2.05, 4.69) is 15.0 Å². The van der Waals surface area contributed by atoms with Gasteiger partial charge in [-0.2, -0.15) is 0 Å². The van der Waals surface area contributed by atoms with E-state index in [0.717, 1.165) is 38.3 Å². The Labute approximate surface area is 140 Å². The number of hydrogen-bond donors (Lipinski definition) is 1. The second-order valence-electron chi connectivity index (χ2n) is 6.22. The number of nitrogens with zero attached hydrogens (tertiary/aromatic N) is 3. The molecular weight excluding hydrogens is 310 g/mol. The summed E-state index contributed by atoms with van der Waals surface area (Å²) >= 11 is 6.47. The maximum atomic E-state index is 9.93. The van der Waals surface area contributed by atoms with Gasteiger partial charge in [-0.05, 0) is 51.0 Å². The van der Waals surface area contributed by atoms with Crippen LogP contribution in [0.25, 0.3) is 22.0 Å². The molecule has 0 amide bonds. The van der Waals surface area contributed by atoms with Gasteiger partial charge in [-0.3, -0.25) is 4.98 Å². The molecule has 0 saturated heterocycles. The lowest BCUT2D eigenvalue weighted by molar-refractivity contribution is 0.0687. The van der Waals surface area contributed by atoms with E-state index in [-0.39, 0.29) is 0 Å². The van der Waals surface area contributed by atoms with Crippen molar-refractivity contribution in [2.75, 3.05) is 0 Å². The number of aliphatic hydroxyl groups is 1. The molecule has 23 heavy (non-hydrogen) atoms. The minimum atomic E-state index is -1.05. The third kappa shape index (κ3) is 2.92. The lowest BCUT2D eigenvalue weighted by Crippen LogP contribution is -2.19. The summed E-state index contributed by atoms with van der Waals surface area (Å²) in [5.41, 5.74) is 3.58. The van der Waals surface area contributed by atoms with Gasteiger partial charge in [0.2, 0.25) is 0 Å². The van der Waals surface area contributed by atoms with Crippen molar-refractivity contribution < 1.29 is 5.11 Å². The number of aryl methyl sites for hydroxylation is 1. The normalized spacial score (nSPS) is 11.9. The zero-order chi connectivity index (χ0) is 16.8. The highest BCUT2D eigenvalue weighted by molar-refractivity contribution is 6.36. The predicted octanol–water partition coefficient (Wildman–Crippen LogP) is 4.19. The van der Waals surface area contributed by atoms with Crippen LogP contribution in [-0.4, -0.2) is 20.1 Å². The first kappa shape index (κ1) is 15.8. The van der Waals surface area contributed by atoms with Crippen molar-refractivity contribution in [1.82, 2.24) is 15.0 Å². The van der Waals surface area contributed by atoms with Crippen LogP contribution in [0.1, 0.15) is 30.9 Å². The van der Waals surface area contributed by atoms with Crippen molar-refractivity contribution in [3.8, 4) is 11.1 Å². The number of pyridine rings is 1. The monoisotopic (exact) mass is 327 g/mol. The quantitative estimate of drug-likeness (QED) is 0.766. The van der Waals surface area contributed by atoms with Gasteiger partial charge in [-0.1, -0.05) is 17.7 Å². The summed E-state index contributed by atoms with van der Waals surface area (Å²) < 4.78 is 0. The van der Waals surface area contributed by atoms with Crippen molar-refractivity contribution in [3.63, 3.8) is 0 Å². The molecule has 0 aliphatic rings. The molecule has 2 aromatic heterocycles. The fourth-order valence-electron chi connectivity index (χ4n) is 2.41. The molecule has 0 bridgehead atoms. The van der Waals surface area contributed by atoms with E-state index in [0.29, 0.717) is 5.82 Å². The summed E-state index contributed by atoms with van der Waals surface area (Å²) in [7, 11) is 0. The first-order valence-corrected chi connectivity index (χ1v) is 7.77. The number of fused-ring (bicyclic) bond motifs is 1. The molecule has 5 heteroatoms. The van der Waals surface area contributed by atoms with E-state index in [1.807, 2.05) is 32.0 Å². The molecule has 3 rings (SSSR count). The SMILES string of the molecule is Cc1nc2ccc(-c3cnc(C(C)(C)O)nc3)cc2c(Cl)c1C. The van der Waals surface area contributed by atoms with Crippen LogP contribution in [0.5, 0.6) is 0 Å². The van der Waals surface area contributed by atoms with Crippen molar-refractivity contribution in [2.24, 2.45) is 0 Å². The number of benzene rings is 1. The first-order chi connectivity index (χ1) is 10.8. The summed E-state index contributed by atoms with van der Waals surface area (Å²) in [6.07, 6.45) is 3.42. The van der Waals surface area contributed by atoms with E-state index in [9.17, 15) is 5.11 Å². The van der Waals surface area contributed by atoms with Gasteiger partial charge in [-0.15, -0.1) is 0 Å². The largest absolute Gasteiger partial charge is 0.382 e. The highest BCUT2D eigenvalue weighted by atomic mass is 35.5. The molecule has 0 aliphatic carbocycles. The Hall–Kier alpha value is -2.04. The van der Waals surface area contributed by atoms with Gasteiger partial charge >= 0.3 is 0 Å². The number of rotatable bonds is 2. The smallest absolute Gasteiger partial charge is 0.159 e. The molecule has 0 fully saturated rings. The first-order valence-electron chi connectivity index (χ1n) is 7.39. The number of hydrogen-bond acceptors (Lipinski definition) is 4. The summed E-state index contributed by atoms with van der Waals surface area (Å²) in [6.45, 7) is 7.25. The second kappa shape index (κ2) is 5.55. The minimum Gasteiger partial charge on any atom is -0.382 e. The average Bonchev–Trinajstić information content (AvgIpc) is 2.52. The highest BCUT2D eigenvalue weighted by Crippen LogP contribution is 2.31. The Kier molecular flexibility index (Phi) is 3.82. The molecular formula is C18H18ClN3O. The van der Waals surface area contributed by atoms with E-state index >= 15 is 0 Å². The topological polar surface area (TPSA) is 58.9 Å². The van der Waals surface area contributed by atoms with Crippen LogP contribution in [-0.2, 0) is 5.60 Å². The van der Waals surface area contributed by atoms with Crippen LogP contribution in [0.2, 0.25) is 5.02 Å². The van der Waals surface area contributed by atoms with Crippen molar-refractivity contribution in [2.45, 2.75) is 33.3 Å². The fourth-order valence-corrected chi connectivity index (χ4v) is 2.70. The van der Waals surface area contributed by atoms with Crippen molar-refractivity contribution >= 4 is 22.5 Å². The van der Waals surface area contributed by atoms with Crippen molar-refractivity contribution in [3.05, 3.63) is 52.7 Å². The minimum absolute atomic E-state index is 0.396. The maximum absolute atomic E-state index is 9.93. The molecule has 1 aromatic carbocycles. The summed E-state index contributed by atoms with van der Waals surface area (Å²) in [5, 5.41) is 11.6. The van der Waals surface area contributed by atoms with Gasteiger partial charge in [0.15, 0.2) is 5.82 Å². The van der Waals surface area contributed by atoms with E-state index in [1.54, 1.807) is 26.2 Å². The Bertz CT molecular complexity index is 883. The van der Waals surface area contributed by atoms with Gasteiger partial charge in [-0.25, -0.2) is 9.97 Å². The van der Waals surface area contributed by atoms with Gasteiger partial charge in [0, 0.05) is 29.0 Å². The van der Waals surface area contributed by atoms with E-state index in [1.165, 1.54) is 0 Å². The summed E-state index contributed by atoms with van der Waals surface area (Å²) in [4.78, 5) is 13.1. The molecule has 2 heterocycles. The summed E-state index contributed by atoms with van der Waals surface area (Å²) in [5.74, 6) is 0.396. The molecule has 1 N–H and O–H groups in total. The molecule has 3 aromatic rings. The Balaban J connectivity index is 2.10. The standard InChI is InChI=1S/C18H18ClN3O/c1-10-11(2)22-15-6-5-12(7-14(15)16(10)19)13-8-20-17(21-9-13)18(3,4)23/h5-9,23H,1-4H3. The van der Waals surface area contributed by atoms with Crippen LogP contribution >= 0.6 is 11.6 Å². The fraction of sp³-hybridized carbons (Fsp3) is 0.278. The molecule has 0 atom stereocenters. The molecule has 0 aliphatic heterocycles. The number of halogens is 1. The molecule has 118 valence electrons. The Morgan fingerprint density at radius 1 is 1.04 bits per heavy atom. The average molecular weight is 328 g/mol. The maximum Gasteiger partial charge on any atom is 0.159 e. The highest BCUT2D eigenvalue weighted by Gasteiger charge is 2.19. The lowest BCUT2D eigenvalue weighted by atomic mass is 10.0. The Morgan fingerprint density at radius 2 is 1.70 bits per heavy atom. The van der Waals surface area contributed by atoms with Gasteiger partial charge in [0.1, 0.15) is 5.60 Å². The molecule has 4 nitrogen and oxygen atoms in total. The van der Waals surface area contributed by atoms with Crippen molar-refractivity contribution in [1.29, 1.82) is 0 Å². The van der Waals surface area contributed by atoms with Crippen LogP contribution in [0.3, 0.4) is 0 Å². The molecule has 0 radical (unpaired) electrons. The zero-order valence-corrected chi connectivity index (χ0v) is 14.3. The van der Waals surface area contributed by atoms with E-state index < -0.39 is 5.60 Å². The molecule has 0 unspecified atom stereocenters. The second-order valence-corrected chi connectivity index (χ2v) is 6.60. The van der Waals surface area contributed by atoms with Crippen LogP contribution in [0, 0.1) is 13.8 Å². The van der Waals surface area contributed by atoms with Crippen LogP contribution < -0.4 is 0 Å². The Morgan fingerprint density at radius 3 is 2.30 bits per heavy atom. The number of aromatic nitrogens is 3. The zero-order valence-electron chi connectivity index (χ0n) is 13.6. The van der Waals surface area contributed by atoms with Gasteiger partial charge < -0.3 is 5.11 Å². The third-order valence-corrected chi connectivity index (χ3v) is 4.41. The summed E-state index contributed by atoms with van der Waals surface area (Å²) in [6, 6.07) is 5.93. The van der Waals surface area contributed by atoms with Gasteiger partial charge in [0.05, 0.1) is 10.5 Å². The predicted molar refractivity (Wildman–Crippen MR) is 92.5 cm³/mol. The molecule has 0 saturated carbocycles. The van der Waals surface area contributed by atoms with Crippen LogP contribution in [0.4, 0.5) is 0 Å². The van der Waals surface area contributed by atoms with Crippen LogP contribution in [0.15, 0.2) is 30.6 Å². The van der Waals surface area contributed by atoms with Gasteiger partial charge in [0.25, 0.3) is 0 Å². The molecule has 0 spiro atoms. The van der Waals surface area contributed by atoms with E-state index in [4.69, 9.17) is 11.6 Å².